The Bertz CT molecular complexity index is 605. The molecule has 1 fully saturated rings. The van der Waals surface area contributed by atoms with Gasteiger partial charge in [0.15, 0.2) is 5.69 Å². The van der Waals surface area contributed by atoms with Gasteiger partial charge in [-0.05, 0) is 43.7 Å². The number of carbonyl (C=O) groups excluding carboxylic acids is 1. The second-order valence-electron chi connectivity index (χ2n) is 5.56. The summed E-state index contributed by atoms with van der Waals surface area (Å²) < 4.78 is 0. The third-order valence-corrected chi connectivity index (χ3v) is 4.90. The van der Waals surface area contributed by atoms with E-state index in [9.17, 15) is 4.79 Å². The molecule has 0 aromatic carbocycles. The van der Waals surface area contributed by atoms with Crippen molar-refractivity contribution < 1.29 is 4.79 Å². The van der Waals surface area contributed by atoms with Gasteiger partial charge in [0.2, 0.25) is 0 Å². The van der Waals surface area contributed by atoms with Crippen molar-refractivity contribution in [3.8, 4) is 10.6 Å². The molecule has 2 aromatic heterocycles. The lowest BCUT2D eigenvalue weighted by Crippen LogP contribution is -2.51. The third kappa shape index (κ3) is 2.87. The van der Waals surface area contributed by atoms with Gasteiger partial charge in [-0.2, -0.15) is 5.10 Å². The van der Waals surface area contributed by atoms with E-state index in [1.54, 1.807) is 11.3 Å². The van der Waals surface area contributed by atoms with Crippen molar-refractivity contribution in [2.75, 3.05) is 6.54 Å². The number of piperidine rings is 1. The quantitative estimate of drug-likeness (QED) is 0.914. The fraction of sp³-hybridized carbons (Fsp3) is 0.467. The van der Waals surface area contributed by atoms with Gasteiger partial charge < -0.3 is 10.6 Å². The van der Waals surface area contributed by atoms with Crippen molar-refractivity contribution in [1.82, 2.24) is 15.1 Å². The highest BCUT2D eigenvalue weighted by molar-refractivity contribution is 7.13. The van der Waals surface area contributed by atoms with E-state index in [-0.39, 0.29) is 18.0 Å². The van der Waals surface area contributed by atoms with Crippen LogP contribution < -0.4 is 5.73 Å². The number of carbonyl (C=O) groups is 1. The molecule has 1 aliphatic heterocycles. The molecule has 2 atom stereocenters. The Morgan fingerprint density at radius 1 is 1.57 bits per heavy atom. The Balaban J connectivity index is 1.81. The lowest BCUT2D eigenvalue weighted by atomic mass is 9.96. The third-order valence-electron chi connectivity index (χ3n) is 4.00. The highest BCUT2D eigenvalue weighted by atomic mass is 32.1. The average molecular weight is 304 g/mol. The summed E-state index contributed by atoms with van der Waals surface area (Å²) in [6.45, 7) is 2.74. The number of rotatable bonds is 3. The highest BCUT2D eigenvalue weighted by Gasteiger charge is 2.31. The van der Waals surface area contributed by atoms with Crippen LogP contribution in [0.3, 0.4) is 0 Å². The zero-order valence-corrected chi connectivity index (χ0v) is 12.9. The number of amides is 1. The molecule has 1 saturated heterocycles. The van der Waals surface area contributed by atoms with Gasteiger partial charge >= 0.3 is 0 Å². The van der Waals surface area contributed by atoms with Crippen molar-refractivity contribution in [2.24, 2.45) is 5.73 Å². The number of nitrogens with two attached hydrogens (primary N) is 1. The van der Waals surface area contributed by atoms with Gasteiger partial charge in [-0.25, -0.2) is 0 Å². The minimum atomic E-state index is -0.0175. The molecule has 6 heteroatoms. The second kappa shape index (κ2) is 5.99. The van der Waals surface area contributed by atoms with Crippen molar-refractivity contribution in [2.45, 2.75) is 38.3 Å². The summed E-state index contributed by atoms with van der Waals surface area (Å²) >= 11 is 1.63. The molecular formula is C15H20N4OS. The van der Waals surface area contributed by atoms with E-state index < -0.39 is 0 Å². The minimum absolute atomic E-state index is 0.00930. The molecule has 1 aliphatic rings. The largest absolute Gasteiger partial charge is 0.333 e. The first kappa shape index (κ1) is 14.3. The van der Waals surface area contributed by atoms with Crippen LogP contribution in [0.5, 0.6) is 0 Å². The first-order valence-corrected chi connectivity index (χ1v) is 8.20. The number of nitrogens with one attached hydrogen (secondary N) is 1. The Hall–Kier alpha value is -1.66. The molecule has 0 spiro atoms. The summed E-state index contributed by atoms with van der Waals surface area (Å²) in [5.74, 6) is -0.0175. The van der Waals surface area contributed by atoms with Gasteiger partial charge in [0.1, 0.15) is 0 Å². The maximum Gasteiger partial charge on any atom is 0.274 e. The van der Waals surface area contributed by atoms with E-state index in [1.807, 2.05) is 35.4 Å². The van der Waals surface area contributed by atoms with Gasteiger partial charge in [0.05, 0.1) is 10.6 Å². The molecule has 3 heterocycles. The van der Waals surface area contributed by atoms with Crippen LogP contribution in [0.1, 0.15) is 36.7 Å². The number of H-pyrrole nitrogens is 1. The summed E-state index contributed by atoms with van der Waals surface area (Å²) in [6.07, 6.45) is 3.15. The first-order valence-electron chi connectivity index (χ1n) is 7.32. The van der Waals surface area contributed by atoms with E-state index in [2.05, 4.69) is 10.2 Å². The van der Waals surface area contributed by atoms with Gasteiger partial charge in [-0.1, -0.05) is 6.07 Å². The average Bonchev–Trinajstić information content (AvgIpc) is 3.17. The summed E-state index contributed by atoms with van der Waals surface area (Å²) in [7, 11) is 0. The Kier molecular flexibility index (Phi) is 4.07. The Morgan fingerprint density at radius 3 is 3.14 bits per heavy atom. The molecule has 0 aliphatic carbocycles. The molecule has 1 amide bonds. The lowest BCUT2D eigenvalue weighted by molar-refractivity contribution is 0.0577. The molecular weight excluding hydrogens is 284 g/mol. The zero-order valence-electron chi connectivity index (χ0n) is 12.1. The van der Waals surface area contributed by atoms with Crippen LogP contribution in [0.2, 0.25) is 0 Å². The standard InChI is InChI=1S/C15H20N4OS/c1-10(16)13-5-2-3-7-19(13)15(20)12-9-11(17-18-12)14-6-4-8-21-14/h4,6,8-10,13H,2-3,5,7,16H2,1H3,(H,17,18). The van der Waals surface area contributed by atoms with E-state index in [0.29, 0.717) is 5.69 Å². The predicted octanol–water partition coefficient (Wildman–Crippen LogP) is 2.48. The van der Waals surface area contributed by atoms with Crippen molar-refractivity contribution >= 4 is 17.2 Å². The van der Waals surface area contributed by atoms with Crippen LogP contribution in [0.4, 0.5) is 0 Å². The van der Waals surface area contributed by atoms with E-state index in [4.69, 9.17) is 5.73 Å². The maximum absolute atomic E-state index is 12.7. The Morgan fingerprint density at radius 2 is 2.43 bits per heavy atom. The molecule has 0 radical (unpaired) electrons. The minimum Gasteiger partial charge on any atom is -0.333 e. The smallest absolute Gasteiger partial charge is 0.274 e. The topological polar surface area (TPSA) is 75.0 Å². The van der Waals surface area contributed by atoms with Crippen molar-refractivity contribution in [1.29, 1.82) is 0 Å². The highest BCUT2D eigenvalue weighted by Crippen LogP contribution is 2.25. The Labute approximate surface area is 128 Å². The molecule has 2 aromatic rings. The summed E-state index contributed by atoms with van der Waals surface area (Å²) in [6, 6.07) is 5.94. The molecule has 5 nitrogen and oxygen atoms in total. The van der Waals surface area contributed by atoms with Gasteiger partial charge in [-0.15, -0.1) is 11.3 Å². The van der Waals surface area contributed by atoms with Crippen LogP contribution in [-0.4, -0.2) is 39.6 Å². The van der Waals surface area contributed by atoms with E-state index >= 15 is 0 Å². The van der Waals surface area contributed by atoms with E-state index in [0.717, 1.165) is 36.4 Å². The fourth-order valence-electron chi connectivity index (χ4n) is 2.89. The number of hydrogen-bond acceptors (Lipinski definition) is 4. The monoisotopic (exact) mass is 304 g/mol. The second-order valence-corrected chi connectivity index (χ2v) is 6.51. The molecule has 0 bridgehead atoms. The van der Waals surface area contributed by atoms with Gasteiger partial charge in [-0.3, -0.25) is 9.89 Å². The SMILES string of the molecule is CC(N)C1CCCCN1C(=O)c1cc(-c2cccs2)[nH]n1. The number of hydrogen-bond donors (Lipinski definition) is 2. The number of thiophene rings is 1. The number of aromatic amines is 1. The summed E-state index contributed by atoms with van der Waals surface area (Å²) in [5.41, 5.74) is 7.40. The first-order chi connectivity index (χ1) is 10.2. The summed E-state index contributed by atoms with van der Waals surface area (Å²) in [4.78, 5) is 15.7. The fourth-order valence-corrected chi connectivity index (χ4v) is 3.59. The summed E-state index contributed by atoms with van der Waals surface area (Å²) in [5, 5.41) is 9.15. The number of aromatic nitrogens is 2. The number of nitrogens with zero attached hydrogens (tertiary/aromatic N) is 2. The van der Waals surface area contributed by atoms with Crippen LogP contribution in [0, 0.1) is 0 Å². The lowest BCUT2D eigenvalue weighted by Gasteiger charge is -2.37. The van der Waals surface area contributed by atoms with Crippen molar-refractivity contribution in [3.05, 3.63) is 29.3 Å². The zero-order chi connectivity index (χ0) is 14.8. The van der Waals surface area contributed by atoms with Crippen molar-refractivity contribution in [3.63, 3.8) is 0 Å². The van der Waals surface area contributed by atoms with Crippen LogP contribution in [-0.2, 0) is 0 Å². The van der Waals surface area contributed by atoms with E-state index in [1.165, 1.54) is 0 Å². The molecule has 3 rings (SSSR count). The molecule has 2 unspecified atom stereocenters. The normalized spacial score (nSPS) is 20.5. The predicted molar refractivity (Wildman–Crippen MR) is 84.2 cm³/mol. The molecule has 21 heavy (non-hydrogen) atoms. The maximum atomic E-state index is 12.7. The molecule has 112 valence electrons. The van der Waals surface area contributed by atoms with Crippen LogP contribution in [0.25, 0.3) is 10.6 Å². The number of likely N-dealkylation sites (tertiary alicyclic amines) is 1. The van der Waals surface area contributed by atoms with Gasteiger partial charge in [0, 0.05) is 18.6 Å². The van der Waals surface area contributed by atoms with Crippen LogP contribution in [0.15, 0.2) is 23.6 Å². The molecule has 0 saturated carbocycles. The van der Waals surface area contributed by atoms with Gasteiger partial charge in [0.25, 0.3) is 5.91 Å². The van der Waals surface area contributed by atoms with Crippen LogP contribution >= 0.6 is 11.3 Å². The molecule has 3 N–H and O–H groups in total.